The molecule has 0 aliphatic heterocycles. The normalized spacial score (nSPS) is 12.7. The number of aryl methyl sites for hydroxylation is 1. The summed E-state index contributed by atoms with van der Waals surface area (Å²) in [7, 11) is 0. The van der Waals surface area contributed by atoms with E-state index in [0.717, 1.165) is 16.7 Å². The molecule has 1 atom stereocenters. The molecular formula is C28H40N2O3. The summed E-state index contributed by atoms with van der Waals surface area (Å²) in [4.78, 5) is 28.2. The van der Waals surface area contributed by atoms with Crippen LogP contribution in [0.1, 0.15) is 71.6 Å². The molecule has 1 N–H and O–H groups in total. The Balaban J connectivity index is 2.29. The number of nitrogens with one attached hydrogen (secondary N) is 1. The van der Waals surface area contributed by atoms with Crippen molar-refractivity contribution in [2.45, 2.75) is 85.4 Å². The Hall–Kier alpha value is -2.82. The fraction of sp³-hybridized carbons (Fsp3) is 0.500. The van der Waals surface area contributed by atoms with Gasteiger partial charge in [-0.1, -0.05) is 75.7 Å². The van der Waals surface area contributed by atoms with Gasteiger partial charge in [0.15, 0.2) is 6.61 Å². The van der Waals surface area contributed by atoms with E-state index in [0.29, 0.717) is 18.7 Å². The molecule has 0 radical (unpaired) electrons. The van der Waals surface area contributed by atoms with Gasteiger partial charge < -0.3 is 15.0 Å². The number of ether oxygens (including phenoxy) is 1. The molecule has 2 amide bonds. The number of carbonyl (C=O) groups excluding carboxylic acids is 2. The lowest BCUT2D eigenvalue weighted by Crippen LogP contribution is -2.54. The van der Waals surface area contributed by atoms with Gasteiger partial charge >= 0.3 is 0 Å². The summed E-state index contributed by atoms with van der Waals surface area (Å²) >= 11 is 0. The maximum Gasteiger partial charge on any atom is 0.261 e. The third kappa shape index (κ3) is 7.92. The van der Waals surface area contributed by atoms with E-state index in [1.54, 1.807) is 4.90 Å². The zero-order valence-corrected chi connectivity index (χ0v) is 21.5. The van der Waals surface area contributed by atoms with E-state index in [4.69, 9.17) is 4.74 Å². The molecule has 2 aromatic rings. The SMILES string of the molecule is CCC(C(=O)NC(C)(C)C)N(Cc1ccc(C)cc1)C(=O)COc1ccccc1C(C)(C)C. The van der Waals surface area contributed by atoms with Crippen molar-refractivity contribution in [1.29, 1.82) is 0 Å². The van der Waals surface area contributed by atoms with E-state index in [1.807, 2.05) is 83.1 Å². The minimum absolute atomic E-state index is 0.111. The van der Waals surface area contributed by atoms with E-state index < -0.39 is 6.04 Å². The number of benzene rings is 2. The molecule has 0 heterocycles. The lowest BCUT2D eigenvalue weighted by Gasteiger charge is -2.33. The number of para-hydroxylation sites is 1. The van der Waals surface area contributed by atoms with Gasteiger partial charge in [0.25, 0.3) is 5.91 Å². The first-order valence-corrected chi connectivity index (χ1v) is 11.7. The first-order valence-electron chi connectivity index (χ1n) is 11.7. The molecule has 0 aliphatic carbocycles. The van der Waals surface area contributed by atoms with Gasteiger partial charge in [-0.15, -0.1) is 0 Å². The summed E-state index contributed by atoms with van der Waals surface area (Å²) in [5.74, 6) is 0.330. The average Bonchev–Trinajstić information content (AvgIpc) is 2.71. The molecule has 2 rings (SSSR count). The zero-order chi connectivity index (χ0) is 24.8. The van der Waals surface area contributed by atoms with Crippen molar-refractivity contribution in [3.05, 3.63) is 65.2 Å². The second kappa shape index (κ2) is 10.9. The monoisotopic (exact) mass is 452 g/mol. The van der Waals surface area contributed by atoms with Crippen LogP contribution in [-0.2, 0) is 21.5 Å². The molecule has 33 heavy (non-hydrogen) atoms. The quantitative estimate of drug-likeness (QED) is 0.584. The summed E-state index contributed by atoms with van der Waals surface area (Å²) < 4.78 is 6.02. The van der Waals surface area contributed by atoms with E-state index in [9.17, 15) is 9.59 Å². The Morgan fingerprint density at radius 2 is 1.58 bits per heavy atom. The first kappa shape index (κ1) is 26.4. The maximum atomic E-state index is 13.4. The Morgan fingerprint density at radius 1 is 0.970 bits per heavy atom. The van der Waals surface area contributed by atoms with Crippen LogP contribution in [-0.4, -0.2) is 34.9 Å². The first-order chi connectivity index (χ1) is 15.3. The van der Waals surface area contributed by atoms with E-state index >= 15 is 0 Å². The summed E-state index contributed by atoms with van der Waals surface area (Å²) in [5, 5.41) is 3.03. The van der Waals surface area contributed by atoms with Gasteiger partial charge in [-0.25, -0.2) is 0 Å². The van der Waals surface area contributed by atoms with Gasteiger partial charge in [0.1, 0.15) is 11.8 Å². The van der Waals surface area contributed by atoms with Crippen molar-refractivity contribution >= 4 is 11.8 Å². The van der Waals surface area contributed by atoms with Gasteiger partial charge in [-0.2, -0.15) is 0 Å². The second-order valence-corrected chi connectivity index (χ2v) is 10.7. The van der Waals surface area contributed by atoms with E-state index in [2.05, 4.69) is 26.1 Å². The predicted octanol–water partition coefficient (Wildman–Crippen LogP) is 5.39. The minimum atomic E-state index is -0.584. The van der Waals surface area contributed by atoms with Gasteiger partial charge in [0.2, 0.25) is 5.91 Å². The molecule has 0 aromatic heterocycles. The number of rotatable bonds is 8. The summed E-state index contributed by atoms with van der Waals surface area (Å²) in [6.45, 7) is 16.3. The lowest BCUT2D eigenvalue weighted by molar-refractivity contribution is -0.143. The van der Waals surface area contributed by atoms with Gasteiger partial charge in [0.05, 0.1) is 0 Å². The number of hydrogen-bond donors (Lipinski definition) is 1. The molecule has 0 spiro atoms. The van der Waals surface area contributed by atoms with E-state index in [1.165, 1.54) is 0 Å². The number of amides is 2. The fourth-order valence-electron chi connectivity index (χ4n) is 3.70. The lowest BCUT2D eigenvalue weighted by atomic mass is 9.86. The molecule has 2 aromatic carbocycles. The highest BCUT2D eigenvalue weighted by atomic mass is 16.5. The van der Waals surface area contributed by atoms with Crippen LogP contribution in [0.4, 0.5) is 0 Å². The van der Waals surface area contributed by atoms with Gasteiger partial charge in [-0.05, 0) is 56.7 Å². The van der Waals surface area contributed by atoms with Crippen LogP contribution in [0.15, 0.2) is 48.5 Å². The van der Waals surface area contributed by atoms with Crippen LogP contribution in [0, 0.1) is 6.92 Å². The third-order valence-corrected chi connectivity index (χ3v) is 5.40. The van der Waals surface area contributed by atoms with Gasteiger partial charge in [0, 0.05) is 12.1 Å². The second-order valence-electron chi connectivity index (χ2n) is 10.7. The Bertz CT molecular complexity index is 937. The van der Waals surface area contributed by atoms with Crippen molar-refractivity contribution in [2.75, 3.05) is 6.61 Å². The molecule has 0 bridgehead atoms. The molecule has 1 unspecified atom stereocenters. The highest BCUT2D eigenvalue weighted by Gasteiger charge is 2.31. The molecule has 0 saturated carbocycles. The zero-order valence-electron chi connectivity index (χ0n) is 21.5. The Morgan fingerprint density at radius 3 is 2.12 bits per heavy atom. The fourth-order valence-corrected chi connectivity index (χ4v) is 3.70. The largest absolute Gasteiger partial charge is 0.483 e. The molecule has 180 valence electrons. The molecule has 0 aliphatic rings. The van der Waals surface area contributed by atoms with Crippen LogP contribution in [0.2, 0.25) is 0 Å². The number of carbonyl (C=O) groups is 2. The van der Waals surface area contributed by atoms with Crippen LogP contribution >= 0.6 is 0 Å². The number of hydrogen-bond acceptors (Lipinski definition) is 3. The smallest absolute Gasteiger partial charge is 0.261 e. The highest BCUT2D eigenvalue weighted by molar-refractivity contribution is 5.88. The molecule has 5 heteroatoms. The van der Waals surface area contributed by atoms with Gasteiger partial charge in [-0.3, -0.25) is 9.59 Å². The van der Waals surface area contributed by atoms with Crippen molar-refractivity contribution in [1.82, 2.24) is 10.2 Å². The van der Waals surface area contributed by atoms with Crippen LogP contribution in [0.3, 0.4) is 0 Å². The van der Waals surface area contributed by atoms with Crippen molar-refractivity contribution in [3.8, 4) is 5.75 Å². The standard InChI is InChI=1S/C28H40N2O3/c1-9-23(26(32)29-28(6,7)8)30(18-21-16-14-20(2)15-17-21)25(31)19-33-24-13-11-10-12-22(24)27(3,4)5/h10-17,23H,9,18-19H2,1-8H3,(H,29,32). The third-order valence-electron chi connectivity index (χ3n) is 5.40. The maximum absolute atomic E-state index is 13.4. The minimum Gasteiger partial charge on any atom is -0.483 e. The topological polar surface area (TPSA) is 58.6 Å². The van der Waals surface area contributed by atoms with Crippen LogP contribution in [0.5, 0.6) is 5.75 Å². The van der Waals surface area contributed by atoms with E-state index in [-0.39, 0.29) is 29.4 Å². The summed E-state index contributed by atoms with van der Waals surface area (Å²) in [5.41, 5.74) is 2.67. The molecular weight excluding hydrogens is 412 g/mol. The van der Waals surface area contributed by atoms with Crippen molar-refractivity contribution < 1.29 is 14.3 Å². The predicted molar refractivity (Wildman–Crippen MR) is 134 cm³/mol. The molecule has 0 saturated heterocycles. The summed E-state index contributed by atoms with van der Waals surface area (Å²) in [6, 6.07) is 15.2. The van der Waals surface area contributed by atoms with Crippen molar-refractivity contribution in [3.63, 3.8) is 0 Å². The highest BCUT2D eigenvalue weighted by Crippen LogP contribution is 2.31. The average molecular weight is 453 g/mol. The number of nitrogens with zero attached hydrogens (tertiary/aromatic N) is 1. The molecule has 0 fully saturated rings. The molecule has 5 nitrogen and oxygen atoms in total. The Labute approximate surface area is 199 Å². The summed E-state index contributed by atoms with van der Waals surface area (Å²) in [6.07, 6.45) is 0.512. The Kier molecular flexibility index (Phi) is 8.70. The van der Waals surface area contributed by atoms with Crippen LogP contribution in [0.25, 0.3) is 0 Å². The van der Waals surface area contributed by atoms with Crippen LogP contribution < -0.4 is 10.1 Å². The van der Waals surface area contributed by atoms with Crippen molar-refractivity contribution in [2.24, 2.45) is 0 Å².